The van der Waals surface area contributed by atoms with Gasteiger partial charge in [0, 0.05) is 12.6 Å². The predicted molar refractivity (Wildman–Crippen MR) is 53.3 cm³/mol. The third-order valence-corrected chi connectivity index (χ3v) is 2.46. The quantitative estimate of drug-likeness (QED) is 0.697. The monoisotopic (exact) mass is 201 g/mol. The Morgan fingerprint density at radius 3 is 2.79 bits per heavy atom. The molecule has 4 nitrogen and oxygen atoms in total. The van der Waals surface area contributed by atoms with Crippen molar-refractivity contribution in [3.05, 3.63) is 0 Å². The van der Waals surface area contributed by atoms with Crippen LogP contribution in [0.2, 0.25) is 0 Å². The van der Waals surface area contributed by atoms with E-state index < -0.39 is 5.97 Å². The van der Waals surface area contributed by atoms with Gasteiger partial charge in [-0.3, -0.25) is 4.79 Å². The molecule has 2 unspecified atom stereocenters. The van der Waals surface area contributed by atoms with Crippen molar-refractivity contribution in [3.63, 3.8) is 0 Å². The molecule has 2 N–H and O–H groups in total. The molecule has 0 bridgehead atoms. The van der Waals surface area contributed by atoms with Gasteiger partial charge < -0.3 is 15.2 Å². The van der Waals surface area contributed by atoms with Gasteiger partial charge in [0.05, 0.1) is 6.10 Å². The zero-order chi connectivity index (χ0) is 10.6. The summed E-state index contributed by atoms with van der Waals surface area (Å²) in [5.41, 5.74) is 0. The summed E-state index contributed by atoms with van der Waals surface area (Å²) in [6, 6.07) is -0.0334. The van der Waals surface area contributed by atoms with Crippen LogP contribution in [0.4, 0.5) is 0 Å². The maximum Gasteiger partial charge on any atom is 0.320 e. The van der Waals surface area contributed by atoms with Crippen LogP contribution < -0.4 is 5.32 Å². The summed E-state index contributed by atoms with van der Waals surface area (Å²) < 4.78 is 5.41. The van der Waals surface area contributed by atoms with E-state index in [1.54, 1.807) is 0 Å². The fourth-order valence-corrected chi connectivity index (χ4v) is 1.69. The van der Waals surface area contributed by atoms with Crippen LogP contribution in [-0.2, 0) is 9.53 Å². The number of hydrogen-bond acceptors (Lipinski definition) is 3. The van der Waals surface area contributed by atoms with Gasteiger partial charge in [-0.2, -0.15) is 0 Å². The molecule has 2 atom stereocenters. The van der Waals surface area contributed by atoms with Gasteiger partial charge in [-0.05, 0) is 33.1 Å². The lowest BCUT2D eigenvalue weighted by Crippen LogP contribution is -2.35. The molecule has 0 aromatic heterocycles. The topological polar surface area (TPSA) is 58.6 Å². The van der Waals surface area contributed by atoms with Crippen molar-refractivity contribution in [3.8, 4) is 0 Å². The van der Waals surface area contributed by atoms with Crippen LogP contribution in [0.25, 0.3) is 0 Å². The molecule has 1 fully saturated rings. The number of aliphatic carboxylic acids is 1. The lowest BCUT2D eigenvalue weighted by Gasteiger charge is -2.13. The van der Waals surface area contributed by atoms with E-state index in [1.165, 1.54) is 0 Å². The molecule has 0 radical (unpaired) electrons. The van der Waals surface area contributed by atoms with Crippen LogP contribution in [-0.4, -0.2) is 35.9 Å². The third-order valence-electron chi connectivity index (χ3n) is 2.46. The Labute approximate surface area is 84.6 Å². The minimum atomic E-state index is -0.739. The highest BCUT2D eigenvalue weighted by molar-refractivity contribution is 5.73. The predicted octanol–water partition coefficient (Wildman–Crippen LogP) is 1.01. The first-order valence-corrected chi connectivity index (χ1v) is 5.20. The Bertz CT molecular complexity index is 194. The second-order valence-electron chi connectivity index (χ2n) is 4.04. The fourth-order valence-electron chi connectivity index (χ4n) is 1.69. The zero-order valence-electron chi connectivity index (χ0n) is 8.82. The van der Waals surface area contributed by atoms with Gasteiger partial charge in [-0.15, -0.1) is 0 Å². The maximum atomic E-state index is 10.6. The molecule has 14 heavy (non-hydrogen) atoms. The van der Waals surface area contributed by atoms with E-state index in [0.29, 0.717) is 12.6 Å². The SMILES string of the molecule is CC(C)OCCC1CCC(C(=O)O)N1. The molecule has 4 heteroatoms. The van der Waals surface area contributed by atoms with E-state index in [1.807, 2.05) is 13.8 Å². The summed E-state index contributed by atoms with van der Waals surface area (Å²) in [5, 5.41) is 11.8. The first-order valence-electron chi connectivity index (χ1n) is 5.20. The molecule has 1 aliphatic heterocycles. The summed E-state index contributed by atoms with van der Waals surface area (Å²) >= 11 is 0. The van der Waals surface area contributed by atoms with Crippen molar-refractivity contribution in [1.82, 2.24) is 5.32 Å². The van der Waals surface area contributed by atoms with Crippen LogP contribution in [0, 0.1) is 0 Å². The van der Waals surface area contributed by atoms with Gasteiger partial charge in [0.2, 0.25) is 0 Å². The highest BCUT2D eigenvalue weighted by Gasteiger charge is 2.28. The number of ether oxygens (including phenoxy) is 1. The number of carboxylic acids is 1. The van der Waals surface area contributed by atoms with Crippen LogP contribution in [0.5, 0.6) is 0 Å². The lowest BCUT2D eigenvalue weighted by atomic mass is 10.1. The summed E-state index contributed by atoms with van der Waals surface area (Å²) in [7, 11) is 0. The van der Waals surface area contributed by atoms with Crippen LogP contribution >= 0.6 is 0 Å². The molecule has 1 heterocycles. The van der Waals surface area contributed by atoms with Gasteiger partial charge in [0.25, 0.3) is 0 Å². The Morgan fingerprint density at radius 2 is 2.29 bits per heavy atom. The first kappa shape index (κ1) is 11.5. The van der Waals surface area contributed by atoms with E-state index in [-0.39, 0.29) is 12.1 Å². The van der Waals surface area contributed by atoms with Crippen LogP contribution in [0.15, 0.2) is 0 Å². The van der Waals surface area contributed by atoms with Crippen molar-refractivity contribution in [2.24, 2.45) is 0 Å². The lowest BCUT2D eigenvalue weighted by molar-refractivity contribution is -0.139. The Morgan fingerprint density at radius 1 is 1.57 bits per heavy atom. The molecule has 0 spiro atoms. The van der Waals surface area contributed by atoms with E-state index >= 15 is 0 Å². The second kappa shape index (κ2) is 5.32. The van der Waals surface area contributed by atoms with Crippen molar-refractivity contribution in [1.29, 1.82) is 0 Å². The van der Waals surface area contributed by atoms with E-state index in [9.17, 15) is 4.79 Å². The first-order chi connectivity index (χ1) is 6.59. The third kappa shape index (κ3) is 3.64. The summed E-state index contributed by atoms with van der Waals surface area (Å²) in [5.74, 6) is -0.739. The second-order valence-corrected chi connectivity index (χ2v) is 4.04. The molecular formula is C10H19NO3. The van der Waals surface area contributed by atoms with Gasteiger partial charge in [-0.1, -0.05) is 0 Å². The van der Waals surface area contributed by atoms with Crippen molar-refractivity contribution >= 4 is 5.97 Å². The van der Waals surface area contributed by atoms with E-state index in [4.69, 9.17) is 9.84 Å². The van der Waals surface area contributed by atoms with Crippen molar-refractivity contribution in [2.75, 3.05) is 6.61 Å². The minimum absolute atomic E-state index is 0.256. The number of carboxylic acid groups (broad SMARTS) is 1. The molecule has 1 rings (SSSR count). The Kier molecular flexibility index (Phi) is 4.35. The van der Waals surface area contributed by atoms with Gasteiger partial charge in [0.1, 0.15) is 6.04 Å². The molecule has 1 aliphatic rings. The maximum absolute atomic E-state index is 10.6. The number of hydrogen-bond donors (Lipinski definition) is 2. The number of nitrogens with one attached hydrogen (secondary N) is 1. The Hall–Kier alpha value is -0.610. The summed E-state index contributed by atoms with van der Waals surface area (Å²) in [6.45, 7) is 4.71. The van der Waals surface area contributed by atoms with Crippen LogP contribution in [0.3, 0.4) is 0 Å². The molecule has 0 amide bonds. The standard InChI is InChI=1S/C10H19NO3/c1-7(2)14-6-5-8-3-4-9(11-8)10(12)13/h7-9,11H,3-6H2,1-2H3,(H,12,13). The molecule has 0 aliphatic carbocycles. The van der Waals surface area contributed by atoms with E-state index in [0.717, 1.165) is 19.3 Å². The highest BCUT2D eigenvalue weighted by Crippen LogP contribution is 2.15. The largest absolute Gasteiger partial charge is 0.480 e. The molecule has 1 saturated heterocycles. The molecular weight excluding hydrogens is 182 g/mol. The van der Waals surface area contributed by atoms with E-state index in [2.05, 4.69) is 5.32 Å². The molecule has 0 aromatic carbocycles. The van der Waals surface area contributed by atoms with Crippen molar-refractivity contribution in [2.45, 2.75) is 51.3 Å². The number of carbonyl (C=O) groups is 1. The zero-order valence-corrected chi connectivity index (χ0v) is 8.82. The summed E-state index contributed by atoms with van der Waals surface area (Å²) in [6.07, 6.45) is 2.84. The number of rotatable bonds is 5. The molecule has 82 valence electrons. The van der Waals surface area contributed by atoms with Crippen molar-refractivity contribution < 1.29 is 14.6 Å². The fraction of sp³-hybridized carbons (Fsp3) is 0.900. The Balaban J connectivity index is 2.13. The van der Waals surface area contributed by atoms with Crippen LogP contribution in [0.1, 0.15) is 33.1 Å². The average molecular weight is 201 g/mol. The summed E-state index contributed by atoms with van der Waals surface area (Å²) in [4.78, 5) is 10.6. The average Bonchev–Trinajstić information content (AvgIpc) is 2.52. The smallest absolute Gasteiger partial charge is 0.320 e. The normalized spacial score (nSPS) is 27.1. The molecule has 0 aromatic rings. The highest BCUT2D eigenvalue weighted by atomic mass is 16.5. The van der Waals surface area contributed by atoms with Gasteiger partial charge >= 0.3 is 5.97 Å². The van der Waals surface area contributed by atoms with Gasteiger partial charge in [0.15, 0.2) is 0 Å². The van der Waals surface area contributed by atoms with Gasteiger partial charge in [-0.25, -0.2) is 0 Å². The molecule has 0 saturated carbocycles. The minimum Gasteiger partial charge on any atom is -0.480 e.